The molecule has 1 aromatic heterocycles. The van der Waals surface area contributed by atoms with Crippen LogP contribution in [-0.4, -0.2) is 28.2 Å². The number of nitrogens with zero attached hydrogens (tertiary/aromatic N) is 2. The summed E-state index contributed by atoms with van der Waals surface area (Å²) in [5, 5.41) is 21.4. The number of nitrogens with two attached hydrogens (primary N) is 2. The molecule has 0 fully saturated rings. The van der Waals surface area contributed by atoms with Gasteiger partial charge in [-0.1, -0.05) is 53.9 Å². The summed E-state index contributed by atoms with van der Waals surface area (Å²) in [4.78, 5) is 16.9. The number of anilines is 1. The van der Waals surface area contributed by atoms with Crippen LogP contribution < -0.4 is 22.3 Å². The highest BCUT2D eigenvalue weighted by atomic mass is 35.5. The Kier molecular flexibility index (Phi) is 7.38. The molecule has 0 unspecified atom stereocenters. The summed E-state index contributed by atoms with van der Waals surface area (Å²) in [6.07, 6.45) is 5.10. The minimum atomic E-state index is -0.344. The first-order chi connectivity index (χ1) is 15.8. The Morgan fingerprint density at radius 2 is 1.97 bits per heavy atom. The van der Waals surface area contributed by atoms with Gasteiger partial charge in [-0.25, -0.2) is 0 Å². The van der Waals surface area contributed by atoms with Crippen LogP contribution in [0.3, 0.4) is 0 Å². The number of aromatic nitrogens is 1. The Hall–Kier alpha value is -4.22. The van der Waals surface area contributed by atoms with E-state index in [0.717, 1.165) is 10.3 Å². The van der Waals surface area contributed by atoms with Crippen molar-refractivity contribution in [2.24, 2.45) is 10.7 Å². The Morgan fingerprint density at radius 3 is 2.61 bits per heavy atom. The normalized spacial score (nSPS) is 11.1. The third kappa shape index (κ3) is 5.73. The maximum absolute atomic E-state index is 12.8. The minimum Gasteiger partial charge on any atom is -0.427 e. The largest absolute Gasteiger partial charge is 0.427 e. The average Bonchev–Trinajstić information content (AvgIpc) is 2.79. The average molecular weight is 463 g/mol. The van der Waals surface area contributed by atoms with Gasteiger partial charge in [-0.2, -0.15) is 4.73 Å². The second kappa shape index (κ2) is 10.4. The van der Waals surface area contributed by atoms with Gasteiger partial charge in [0.2, 0.25) is 5.91 Å². The smallest absolute Gasteiger partial charge is 0.226 e. The SMILES string of the molecule is C#CCN=c1cc(Cl)c(-c2cccc(N)c2)c(CC(=O)NCc2ccc(C(=N)N)cc2)n1O. The van der Waals surface area contributed by atoms with Gasteiger partial charge >= 0.3 is 0 Å². The molecule has 1 heterocycles. The van der Waals surface area contributed by atoms with Crippen molar-refractivity contribution in [2.75, 3.05) is 12.3 Å². The predicted octanol–water partition coefficient (Wildman–Crippen LogP) is 2.30. The van der Waals surface area contributed by atoms with Crippen molar-refractivity contribution < 1.29 is 10.0 Å². The maximum atomic E-state index is 12.8. The number of carbonyl (C=O) groups excluding carboxylic acids is 1. The van der Waals surface area contributed by atoms with Gasteiger partial charge < -0.3 is 22.0 Å². The van der Waals surface area contributed by atoms with Crippen LogP contribution >= 0.6 is 11.6 Å². The van der Waals surface area contributed by atoms with Crippen molar-refractivity contribution >= 4 is 29.0 Å². The van der Waals surface area contributed by atoms with E-state index in [1.54, 1.807) is 48.5 Å². The highest BCUT2D eigenvalue weighted by Crippen LogP contribution is 2.31. The number of amides is 1. The van der Waals surface area contributed by atoms with Crippen LogP contribution in [0, 0.1) is 17.8 Å². The molecule has 2 aromatic carbocycles. The zero-order chi connectivity index (χ0) is 24.0. The first kappa shape index (κ1) is 23.4. The third-order valence-electron chi connectivity index (χ3n) is 4.85. The number of amidine groups is 1. The van der Waals surface area contributed by atoms with Crippen molar-refractivity contribution in [3.05, 3.63) is 81.9 Å². The molecule has 0 atom stereocenters. The molecular formula is C24H23ClN6O2. The molecule has 1 amide bonds. The maximum Gasteiger partial charge on any atom is 0.226 e. The number of terminal acetylenes is 1. The molecule has 9 heteroatoms. The Morgan fingerprint density at radius 1 is 1.24 bits per heavy atom. The van der Waals surface area contributed by atoms with Gasteiger partial charge in [0.25, 0.3) is 0 Å². The number of nitrogen functional groups attached to an aromatic ring is 2. The van der Waals surface area contributed by atoms with E-state index in [9.17, 15) is 10.0 Å². The van der Waals surface area contributed by atoms with E-state index in [0.29, 0.717) is 27.4 Å². The quantitative estimate of drug-likeness (QED) is 0.121. The van der Waals surface area contributed by atoms with Crippen LogP contribution in [-0.2, 0) is 17.8 Å². The summed E-state index contributed by atoms with van der Waals surface area (Å²) >= 11 is 6.53. The van der Waals surface area contributed by atoms with Crippen molar-refractivity contribution in [1.29, 1.82) is 5.41 Å². The van der Waals surface area contributed by atoms with E-state index in [2.05, 4.69) is 16.2 Å². The summed E-state index contributed by atoms with van der Waals surface area (Å²) in [5.74, 6) is 2.00. The summed E-state index contributed by atoms with van der Waals surface area (Å²) in [7, 11) is 0. The number of hydrogen-bond donors (Lipinski definition) is 5. The molecule has 0 aliphatic carbocycles. The van der Waals surface area contributed by atoms with Crippen molar-refractivity contribution in [1.82, 2.24) is 10.0 Å². The van der Waals surface area contributed by atoms with Gasteiger partial charge in [0, 0.05) is 29.4 Å². The zero-order valence-corrected chi connectivity index (χ0v) is 18.4. The number of hydrogen-bond acceptors (Lipinski definition) is 5. The molecule has 0 saturated heterocycles. The van der Waals surface area contributed by atoms with Gasteiger partial charge in [-0.05, 0) is 23.3 Å². The van der Waals surface area contributed by atoms with Gasteiger partial charge in [-0.3, -0.25) is 15.2 Å². The lowest BCUT2D eigenvalue weighted by atomic mass is 10.0. The number of nitrogens with one attached hydrogen (secondary N) is 2. The zero-order valence-electron chi connectivity index (χ0n) is 17.7. The minimum absolute atomic E-state index is 0.0285. The van der Waals surface area contributed by atoms with Gasteiger partial charge in [-0.15, -0.1) is 6.42 Å². The fraction of sp³-hybridized carbons (Fsp3) is 0.125. The highest BCUT2D eigenvalue weighted by Gasteiger charge is 2.19. The number of halogens is 1. The third-order valence-corrected chi connectivity index (χ3v) is 5.14. The molecule has 0 saturated carbocycles. The summed E-state index contributed by atoms with van der Waals surface area (Å²) in [6.45, 7) is 0.293. The van der Waals surface area contributed by atoms with E-state index in [4.69, 9.17) is 34.9 Å². The van der Waals surface area contributed by atoms with Crippen LogP contribution in [0.15, 0.2) is 59.6 Å². The fourth-order valence-corrected chi connectivity index (χ4v) is 3.56. The molecule has 3 rings (SSSR count). The van der Waals surface area contributed by atoms with Crippen LogP contribution in [0.5, 0.6) is 0 Å². The van der Waals surface area contributed by atoms with Gasteiger partial charge in [0.15, 0.2) is 5.49 Å². The molecule has 7 N–H and O–H groups in total. The Labute approximate surface area is 196 Å². The summed E-state index contributed by atoms with van der Waals surface area (Å²) < 4.78 is 0.822. The molecule has 168 valence electrons. The highest BCUT2D eigenvalue weighted by molar-refractivity contribution is 6.33. The lowest BCUT2D eigenvalue weighted by Crippen LogP contribution is -2.30. The molecule has 33 heavy (non-hydrogen) atoms. The summed E-state index contributed by atoms with van der Waals surface area (Å²) in [5.41, 5.74) is 14.8. The number of rotatable bonds is 7. The lowest BCUT2D eigenvalue weighted by Gasteiger charge is -2.16. The van der Waals surface area contributed by atoms with E-state index >= 15 is 0 Å². The van der Waals surface area contributed by atoms with Gasteiger partial charge in [0.1, 0.15) is 12.4 Å². The molecule has 0 spiro atoms. The van der Waals surface area contributed by atoms with Crippen molar-refractivity contribution in [2.45, 2.75) is 13.0 Å². The second-order valence-corrected chi connectivity index (χ2v) is 7.60. The molecule has 0 aliphatic heterocycles. The predicted molar refractivity (Wildman–Crippen MR) is 129 cm³/mol. The monoisotopic (exact) mass is 462 g/mol. The second-order valence-electron chi connectivity index (χ2n) is 7.19. The molecule has 0 radical (unpaired) electrons. The standard InChI is InChI=1S/C24H23ClN6O2/c1-2-10-29-21-12-19(25)23(17-4-3-5-18(26)11-17)20(31(21)33)13-22(32)30-14-15-6-8-16(9-7-15)24(27)28/h1,3-9,11-12,33H,10,13-14,26H2,(H3,27,28)(H,30,32). The van der Waals surface area contributed by atoms with Crippen LogP contribution in [0.25, 0.3) is 11.1 Å². The number of carbonyl (C=O) groups is 1. The molecule has 0 bridgehead atoms. The lowest BCUT2D eigenvalue weighted by molar-refractivity contribution is -0.120. The number of pyridine rings is 1. The molecule has 8 nitrogen and oxygen atoms in total. The molecule has 3 aromatic rings. The van der Waals surface area contributed by atoms with Crippen LogP contribution in [0.1, 0.15) is 16.8 Å². The molecule has 0 aliphatic rings. The topological polar surface area (TPSA) is 143 Å². The van der Waals surface area contributed by atoms with E-state index in [-0.39, 0.29) is 42.4 Å². The first-order valence-corrected chi connectivity index (χ1v) is 10.3. The van der Waals surface area contributed by atoms with E-state index in [1.807, 2.05) is 0 Å². The number of benzene rings is 2. The Bertz CT molecular complexity index is 1310. The van der Waals surface area contributed by atoms with Gasteiger partial charge in [0.05, 0.1) is 17.1 Å². The van der Waals surface area contributed by atoms with Crippen molar-refractivity contribution in [3.63, 3.8) is 0 Å². The van der Waals surface area contributed by atoms with Crippen molar-refractivity contribution in [3.8, 4) is 23.5 Å². The van der Waals surface area contributed by atoms with E-state index < -0.39 is 0 Å². The van der Waals surface area contributed by atoms with Crippen LogP contribution in [0.2, 0.25) is 5.02 Å². The van der Waals surface area contributed by atoms with E-state index in [1.165, 1.54) is 6.07 Å². The first-order valence-electron chi connectivity index (χ1n) is 9.93. The Balaban J connectivity index is 1.92. The molecular weight excluding hydrogens is 440 g/mol. The van der Waals surface area contributed by atoms with Crippen LogP contribution in [0.4, 0.5) is 5.69 Å². The fourth-order valence-electron chi connectivity index (χ4n) is 3.25. The summed E-state index contributed by atoms with van der Waals surface area (Å²) in [6, 6.07) is 15.4.